The van der Waals surface area contributed by atoms with Crippen molar-refractivity contribution in [2.45, 2.75) is 13.2 Å². The highest BCUT2D eigenvalue weighted by Crippen LogP contribution is 2.38. The Balaban J connectivity index is 1.84. The van der Waals surface area contributed by atoms with E-state index in [1.54, 1.807) is 26.6 Å². The number of benzene rings is 2. The molecule has 2 N–H and O–H groups in total. The molecular weight excluding hydrogens is 460 g/mol. The van der Waals surface area contributed by atoms with Crippen LogP contribution in [-0.4, -0.2) is 50.3 Å². The fourth-order valence-corrected chi connectivity index (χ4v) is 4.22. The van der Waals surface area contributed by atoms with Gasteiger partial charge in [0.25, 0.3) is 0 Å². The molecule has 0 spiro atoms. The van der Waals surface area contributed by atoms with Crippen LogP contribution in [0.5, 0.6) is 0 Å². The summed E-state index contributed by atoms with van der Waals surface area (Å²) in [6.45, 7) is 0.978. The highest BCUT2D eigenvalue weighted by atomic mass is 16.5. The maximum absolute atomic E-state index is 13.0. The van der Waals surface area contributed by atoms with Gasteiger partial charge < -0.3 is 28.9 Å². The Morgan fingerprint density at radius 3 is 1.28 bits per heavy atom. The number of hydrogen-bond donors (Lipinski definition) is 2. The van der Waals surface area contributed by atoms with Crippen LogP contribution in [0.4, 0.5) is 0 Å². The molecule has 4 aromatic rings. The molecule has 0 bridgehead atoms. The van der Waals surface area contributed by atoms with Crippen LogP contribution < -0.4 is 0 Å². The molecule has 0 radical (unpaired) electrons. The van der Waals surface area contributed by atoms with Gasteiger partial charge in [-0.25, -0.2) is 9.59 Å². The molecule has 8 heteroatoms. The zero-order valence-corrected chi connectivity index (χ0v) is 20.6. The maximum atomic E-state index is 13.0. The molecule has 186 valence electrons. The van der Waals surface area contributed by atoms with Gasteiger partial charge in [-0.3, -0.25) is 0 Å². The second-order valence-electron chi connectivity index (χ2n) is 8.15. The van der Waals surface area contributed by atoms with Crippen LogP contribution in [0.1, 0.15) is 31.8 Å². The molecule has 0 aliphatic rings. The van der Waals surface area contributed by atoms with Crippen molar-refractivity contribution in [1.82, 2.24) is 9.97 Å². The molecule has 0 aliphatic carbocycles. The predicted molar refractivity (Wildman–Crippen MR) is 136 cm³/mol. The number of aromatic nitrogens is 2. The number of hydrogen-bond acceptors (Lipinski definition) is 6. The van der Waals surface area contributed by atoms with Crippen molar-refractivity contribution in [3.05, 3.63) is 83.2 Å². The minimum absolute atomic E-state index is 0.311. The molecule has 8 nitrogen and oxygen atoms in total. The van der Waals surface area contributed by atoms with E-state index < -0.39 is 11.9 Å². The van der Waals surface area contributed by atoms with Gasteiger partial charge in [0.1, 0.15) is 0 Å². The monoisotopic (exact) mass is 488 g/mol. The van der Waals surface area contributed by atoms with E-state index in [0.29, 0.717) is 46.9 Å². The molecule has 36 heavy (non-hydrogen) atoms. The highest BCUT2D eigenvalue weighted by molar-refractivity contribution is 6.08. The van der Waals surface area contributed by atoms with E-state index in [2.05, 4.69) is 9.97 Å². The number of rotatable bonds is 9. The van der Waals surface area contributed by atoms with Gasteiger partial charge in [-0.05, 0) is 22.3 Å². The Labute approximate surface area is 209 Å². The lowest BCUT2D eigenvalue weighted by molar-refractivity contribution is 0.0591. The number of carbonyl (C=O) groups is 2. The van der Waals surface area contributed by atoms with Crippen molar-refractivity contribution >= 4 is 11.9 Å². The number of nitrogens with one attached hydrogen (secondary N) is 2. The van der Waals surface area contributed by atoms with Crippen molar-refractivity contribution in [2.75, 3.05) is 28.4 Å². The molecule has 0 saturated carbocycles. The van der Waals surface area contributed by atoms with E-state index in [-0.39, 0.29) is 0 Å². The SMILES string of the molecule is COCc1ccc(-c2c[nH]c(-c3[nH]cc(-c4ccc(COC)cc4)c3C(=O)OC)c2C(=O)OC)cc1. The molecular formula is C28H28N2O6. The largest absolute Gasteiger partial charge is 0.465 e. The van der Waals surface area contributed by atoms with Crippen molar-refractivity contribution in [2.24, 2.45) is 0 Å². The summed E-state index contributed by atoms with van der Waals surface area (Å²) in [6, 6.07) is 15.4. The zero-order valence-electron chi connectivity index (χ0n) is 20.6. The summed E-state index contributed by atoms with van der Waals surface area (Å²) in [7, 11) is 5.93. The van der Waals surface area contributed by atoms with Crippen LogP contribution in [0.25, 0.3) is 33.6 Å². The lowest BCUT2D eigenvalue weighted by atomic mass is 9.97. The predicted octanol–water partition coefficient (Wildman–Crippen LogP) is 5.21. The van der Waals surface area contributed by atoms with Crippen molar-refractivity contribution in [1.29, 1.82) is 0 Å². The zero-order chi connectivity index (χ0) is 25.7. The smallest absolute Gasteiger partial charge is 0.340 e. The first-order valence-electron chi connectivity index (χ1n) is 11.3. The summed E-state index contributed by atoms with van der Waals surface area (Å²) in [5.41, 5.74) is 6.44. The van der Waals surface area contributed by atoms with E-state index in [1.807, 2.05) is 48.5 Å². The van der Waals surface area contributed by atoms with Gasteiger partial charge in [0.15, 0.2) is 0 Å². The summed E-state index contributed by atoms with van der Waals surface area (Å²) in [5, 5.41) is 0. The van der Waals surface area contributed by atoms with Gasteiger partial charge >= 0.3 is 11.9 Å². The summed E-state index contributed by atoms with van der Waals surface area (Å²) >= 11 is 0. The lowest BCUT2D eigenvalue weighted by Crippen LogP contribution is -2.07. The molecule has 0 unspecified atom stereocenters. The summed E-state index contributed by atoms with van der Waals surface area (Å²) in [5.74, 6) is -1.06. The third-order valence-corrected chi connectivity index (χ3v) is 5.94. The first-order valence-corrected chi connectivity index (χ1v) is 11.3. The van der Waals surface area contributed by atoms with Gasteiger partial charge in [-0.1, -0.05) is 48.5 Å². The molecule has 4 rings (SSSR count). The van der Waals surface area contributed by atoms with E-state index in [9.17, 15) is 9.59 Å². The normalized spacial score (nSPS) is 10.9. The number of methoxy groups -OCH3 is 4. The van der Waals surface area contributed by atoms with Crippen molar-refractivity contribution in [3.8, 4) is 33.6 Å². The molecule has 0 fully saturated rings. The molecule has 2 aromatic carbocycles. The first-order chi connectivity index (χ1) is 17.5. The number of aromatic amines is 2. The van der Waals surface area contributed by atoms with E-state index >= 15 is 0 Å². The second kappa shape index (κ2) is 11.1. The van der Waals surface area contributed by atoms with E-state index in [0.717, 1.165) is 22.3 Å². The lowest BCUT2D eigenvalue weighted by Gasteiger charge is -2.09. The van der Waals surface area contributed by atoms with Crippen molar-refractivity contribution < 1.29 is 28.5 Å². The van der Waals surface area contributed by atoms with Gasteiger partial charge in [0.2, 0.25) is 0 Å². The van der Waals surface area contributed by atoms with Crippen molar-refractivity contribution in [3.63, 3.8) is 0 Å². The Bertz CT molecular complexity index is 1240. The Morgan fingerprint density at radius 1 is 0.611 bits per heavy atom. The number of carbonyl (C=O) groups excluding carboxylic acids is 2. The minimum atomic E-state index is -0.530. The van der Waals surface area contributed by atoms with Crippen LogP contribution in [-0.2, 0) is 32.2 Å². The van der Waals surface area contributed by atoms with Gasteiger partial charge in [-0.15, -0.1) is 0 Å². The third kappa shape index (κ3) is 4.82. The number of esters is 2. The minimum Gasteiger partial charge on any atom is -0.465 e. The maximum Gasteiger partial charge on any atom is 0.340 e. The second-order valence-corrected chi connectivity index (χ2v) is 8.15. The van der Waals surface area contributed by atoms with Gasteiger partial charge in [-0.2, -0.15) is 0 Å². The van der Waals surface area contributed by atoms with Crippen LogP contribution in [0, 0.1) is 0 Å². The molecule has 0 aliphatic heterocycles. The quantitative estimate of drug-likeness (QED) is 0.314. The first kappa shape index (κ1) is 25.0. The summed E-state index contributed by atoms with van der Waals surface area (Å²) in [6.07, 6.45) is 3.46. The standard InChI is InChI=1S/C28H28N2O6/c1-33-15-17-5-9-19(10-6-17)21-13-29-25(23(21)27(31)35-3)26-24(28(32)36-4)22(14-30-26)20-11-7-18(8-12-20)16-34-2/h5-14,29-30H,15-16H2,1-4H3. The molecule has 0 atom stereocenters. The van der Waals surface area contributed by atoms with E-state index in [4.69, 9.17) is 18.9 Å². The average molecular weight is 489 g/mol. The fraction of sp³-hybridized carbons (Fsp3) is 0.214. The molecule has 0 saturated heterocycles. The van der Waals surface area contributed by atoms with Crippen LogP contribution in [0.15, 0.2) is 60.9 Å². The topological polar surface area (TPSA) is 103 Å². The summed E-state index contributed by atoms with van der Waals surface area (Å²) in [4.78, 5) is 32.3. The number of ether oxygens (including phenoxy) is 4. The Hall–Kier alpha value is -4.14. The molecule has 0 amide bonds. The fourth-order valence-electron chi connectivity index (χ4n) is 4.22. The van der Waals surface area contributed by atoms with Crippen LogP contribution >= 0.6 is 0 Å². The molecule has 2 heterocycles. The Kier molecular flexibility index (Phi) is 7.68. The number of H-pyrrole nitrogens is 2. The van der Waals surface area contributed by atoms with Crippen LogP contribution in [0.3, 0.4) is 0 Å². The van der Waals surface area contributed by atoms with E-state index in [1.165, 1.54) is 14.2 Å². The molecule has 2 aromatic heterocycles. The third-order valence-electron chi connectivity index (χ3n) is 5.94. The summed E-state index contributed by atoms with van der Waals surface area (Å²) < 4.78 is 20.6. The average Bonchev–Trinajstić information content (AvgIpc) is 3.54. The van der Waals surface area contributed by atoms with Crippen LogP contribution in [0.2, 0.25) is 0 Å². The highest BCUT2D eigenvalue weighted by Gasteiger charge is 2.28. The van der Waals surface area contributed by atoms with Gasteiger partial charge in [0, 0.05) is 37.7 Å². The Morgan fingerprint density at radius 2 is 0.972 bits per heavy atom. The van der Waals surface area contributed by atoms with Gasteiger partial charge in [0.05, 0.1) is 49.9 Å².